The minimum Gasteiger partial charge on any atom is -0.412 e. The molecule has 0 saturated carbocycles. The lowest BCUT2D eigenvalue weighted by molar-refractivity contribution is 0.823. The second-order valence-electron chi connectivity index (χ2n) is 1.02. The normalized spacial score (nSPS) is 5.33. The van der Waals surface area contributed by atoms with E-state index in [9.17, 15) is 0 Å². The third kappa shape index (κ3) is 7.03. The van der Waals surface area contributed by atoms with E-state index in [4.69, 9.17) is 0 Å². The fourth-order valence-electron chi connectivity index (χ4n) is 0.313. The molecule has 0 aliphatic rings. The van der Waals surface area contributed by atoms with E-state index in [0.717, 1.165) is 0 Å². The molecule has 1 heterocycles. The van der Waals surface area contributed by atoms with Crippen LogP contribution in [-0.4, -0.2) is 15.9 Å². The Morgan fingerprint density at radius 3 is 1.33 bits per heavy atom. The van der Waals surface area contributed by atoms with E-state index in [1.807, 2.05) is 18.2 Å². The van der Waals surface area contributed by atoms with Gasteiger partial charge in [0.15, 0.2) is 0 Å². The Bertz CT molecular complexity index is 84.9. The average molecular weight is 132 g/mol. The fourth-order valence-corrected chi connectivity index (χ4v) is 0.313. The van der Waals surface area contributed by atoms with Crippen LogP contribution in [0.5, 0.6) is 0 Å². The van der Waals surface area contributed by atoms with Crippen LogP contribution < -0.4 is 6.15 Å². The maximum absolute atomic E-state index is 3.78. The summed E-state index contributed by atoms with van der Waals surface area (Å²) in [6.45, 7) is 0. The van der Waals surface area contributed by atoms with Gasteiger partial charge in [0.25, 0.3) is 0 Å². The highest BCUT2D eigenvalue weighted by molar-refractivity contribution is 4.88. The van der Waals surface area contributed by atoms with E-state index in [2.05, 4.69) is 4.98 Å². The lowest BCUT2D eigenvalue weighted by atomic mass is 10.5. The van der Waals surface area contributed by atoms with Crippen LogP contribution in [0.2, 0.25) is 0 Å². The zero-order valence-corrected chi connectivity index (χ0v) is 5.04. The quantitative estimate of drug-likeness (QED) is 0.517. The van der Waals surface area contributed by atoms with Crippen molar-refractivity contribution in [2.24, 2.45) is 0 Å². The number of hydrogen-bond donors (Lipinski definition) is 1. The van der Waals surface area contributed by atoms with Gasteiger partial charge < -0.3 is 17.1 Å². The number of aromatic nitrogens is 1. The molecule has 1 aromatic rings. The van der Waals surface area contributed by atoms with Gasteiger partial charge in [-0.1, -0.05) is 6.07 Å². The van der Waals surface area contributed by atoms with Gasteiger partial charge in [-0.3, -0.25) is 4.98 Å². The third-order valence-corrected chi connectivity index (χ3v) is 0.566. The van der Waals surface area contributed by atoms with Gasteiger partial charge in [0.2, 0.25) is 0 Å². The molecule has 0 spiro atoms. The number of rotatable bonds is 0. The van der Waals surface area contributed by atoms with Crippen LogP contribution in [0.25, 0.3) is 0 Å². The molecule has 0 aliphatic carbocycles. The summed E-state index contributed by atoms with van der Waals surface area (Å²) in [4.78, 5) is 3.78. The molecule has 7 N–H and O–H groups in total. The summed E-state index contributed by atoms with van der Waals surface area (Å²) >= 11 is 0. The summed E-state index contributed by atoms with van der Waals surface area (Å²) in [5, 5.41) is 0. The largest absolute Gasteiger partial charge is 0.412 e. The molecule has 0 bridgehead atoms. The summed E-state index contributed by atoms with van der Waals surface area (Å²) in [7, 11) is 0. The number of hydrogen-bond acceptors (Lipinski definition) is 2. The van der Waals surface area contributed by atoms with Crippen LogP contribution in [0.1, 0.15) is 0 Å². The highest BCUT2D eigenvalue weighted by Crippen LogP contribution is 1.73. The van der Waals surface area contributed by atoms with Gasteiger partial charge in [-0.25, -0.2) is 0 Å². The Hall–Kier alpha value is -0.970. The molecule has 0 radical (unpaired) electrons. The molecule has 0 atom stereocenters. The van der Waals surface area contributed by atoms with Gasteiger partial charge in [-0.05, 0) is 12.1 Å². The Labute approximate surface area is 53.7 Å². The first-order chi connectivity index (χ1) is 3.00. The van der Waals surface area contributed by atoms with Crippen LogP contribution in [-0.2, 0) is 0 Å². The Balaban J connectivity index is -0.000000120. The number of pyridine rings is 1. The van der Waals surface area contributed by atoms with Crippen molar-refractivity contribution in [3.63, 3.8) is 0 Å². The summed E-state index contributed by atoms with van der Waals surface area (Å²) in [5.41, 5.74) is 0. The van der Waals surface area contributed by atoms with E-state index in [0.29, 0.717) is 0 Å². The predicted molar refractivity (Wildman–Crippen MR) is 36.5 cm³/mol. The lowest BCUT2D eigenvalue weighted by Crippen LogP contribution is -1.58. The van der Waals surface area contributed by atoms with Crippen LogP contribution in [0.15, 0.2) is 30.6 Å². The second kappa shape index (κ2) is 10.1. The molecule has 1 rings (SSSR count). The maximum Gasteiger partial charge on any atom is 0.0267 e. The van der Waals surface area contributed by atoms with Gasteiger partial charge in [-0.15, -0.1) is 0 Å². The van der Waals surface area contributed by atoms with Crippen molar-refractivity contribution in [2.75, 3.05) is 0 Å². The van der Waals surface area contributed by atoms with Gasteiger partial charge in [-0.2, -0.15) is 0 Å². The van der Waals surface area contributed by atoms with Crippen LogP contribution >= 0.6 is 0 Å². The monoisotopic (exact) mass is 132 g/mol. The van der Waals surface area contributed by atoms with Crippen LogP contribution in [0, 0.1) is 0 Å². The maximum atomic E-state index is 3.78. The first-order valence-corrected chi connectivity index (χ1v) is 1.85. The molecule has 0 amide bonds. The molecular weight excluding hydrogens is 120 g/mol. The molecule has 0 aliphatic heterocycles. The summed E-state index contributed by atoms with van der Waals surface area (Å²) in [6.07, 6.45) is 3.50. The predicted octanol–water partition coefficient (Wildman–Crippen LogP) is -0.406. The third-order valence-electron chi connectivity index (χ3n) is 0.566. The van der Waals surface area contributed by atoms with Gasteiger partial charge in [0.05, 0.1) is 0 Å². The Kier molecular flexibility index (Phi) is 17.6. The first-order valence-electron chi connectivity index (χ1n) is 1.85. The highest BCUT2D eigenvalue weighted by Gasteiger charge is 1.58. The van der Waals surface area contributed by atoms with Crippen molar-refractivity contribution < 1.29 is 11.0 Å². The summed E-state index contributed by atoms with van der Waals surface area (Å²) in [6, 6.07) is 5.72. The molecule has 1 aromatic heterocycles. The van der Waals surface area contributed by atoms with Gasteiger partial charge in [0.1, 0.15) is 0 Å². The van der Waals surface area contributed by atoms with E-state index in [1.54, 1.807) is 12.4 Å². The zero-order valence-electron chi connectivity index (χ0n) is 5.04. The van der Waals surface area contributed by atoms with E-state index < -0.39 is 0 Å². The molecule has 0 aromatic carbocycles. The fraction of sp³-hybridized carbons (Fsp3) is 0. The Morgan fingerprint density at radius 2 is 1.22 bits per heavy atom. The van der Waals surface area contributed by atoms with Crippen molar-refractivity contribution in [1.29, 1.82) is 0 Å². The second-order valence-corrected chi connectivity index (χ2v) is 1.02. The number of nitrogens with zero attached hydrogens (tertiary/aromatic N) is 1. The minimum absolute atomic E-state index is 0. The smallest absolute Gasteiger partial charge is 0.0267 e. The summed E-state index contributed by atoms with van der Waals surface area (Å²) in [5.74, 6) is 0. The Morgan fingerprint density at radius 1 is 0.778 bits per heavy atom. The van der Waals surface area contributed by atoms with E-state index >= 15 is 0 Å². The standard InChI is InChI=1S/C5H5N.H3N.2H2O/c1-2-4-6-5-3-1;;;/h1-5H;1H3;2*1H2. The average Bonchev–Trinajstić information content (AvgIpc) is 1.72. The van der Waals surface area contributed by atoms with Gasteiger partial charge in [0, 0.05) is 12.4 Å². The molecule has 9 heavy (non-hydrogen) atoms. The van der Waals surface area contributed by atoms with Crippen LogP contribution in [0.4, 0.5) is 0 Å². The zero-order chi connectivity index (χ0) is 4.24. The minimum atomic E-state index is 0. The van der Waals surface area contributed by atoms with Crippen molar-refractivity contribution in [3.05, 3.63) is 30.6 Å². The topological polar surface area (TPSA) is 111 Å². The molecule has 4 nitrogen and oxygen atoms in total. The van der Waals surface area contributed by atoms with E-state index in [1.165, 1.54) is 0 Å². The molecular formula is C5H12N2O2. The van der Waals surface area contributed by atoms with E-state index in [-0.39, 0.29) is 17.1 Å². The van der Waals surface area contributed by atoms with Gasteiger partial charge >= 0.3 is 0 Å². The molecule has 4 heteroatoms. The van der Waals surface area contributed by atoms with Crippen molar-refractivity contribution in [1.82, 2.24) is 11.1 Å². The van der Waals surface area contributed by atoms with Crippen molar-refractivity contribution in [3.8, 4) is 0 Å². The first kappa shape index (κ1) is 15.7. The molecule has 0 saturated heterocycles. The van der Waals surface area contributed by atoms with Crippen molar-refractivity contribution >= 4 is 0 Å². The lowest BCUT2D eigenvalue weighted by Gasteiger charge is -1.70. The highest BCUT2D eigenvalue weighted by atomic mass is 16.0. The summed E-state index contributed by atoms with van der Waals surface area (Å²) < 4.78 is 0. The SMILES string of the molecule is N.O.O.c1ccncc1. The molecule has 0 unspecified atom stereocenters. The van der Waals surface area contributed by atoms with Crippen molar-refractivity contribution in [2.45, 2.75) is 0 Å². The molecule has 54 valence electrons. The van der Waals surface area contributed by atoms with Crippen LogP contribution in [0.3, 0.4) is 0 Å². The molecule has 0 fully saturated rings.